The largest absolute Gasteiger partial charge is 3.00 e. The normalized spacial score (nSPS) is 16.5. The molecule has 75 heavy (non-hydrogen) atoms. The van der Waals surface area contributed by atoms with Crippen molar-refractivity contribution in [3.05, 3.63) is 122 Å². The van der Waals surface area contributed by atoms with Crippen LogP contribution in [-0.4, -0.2) is 150 Å². The van der Waals surface area contributed by atoms with E-state index in [-0.39, 0.29) is 120 Å². The number of nitrogens with one attached hydrogen (secondary N) is 2. The molecule has 7 heterocycles. The minimum atomic E-state index is -1.72. The predicted octanol–water partition coefficient (Wildman–Crippen LogP) is 5.35. The van der Waals surface area contributed by atoms with Gasteiger partial charge in [-0.2, -0.15) is 0 Å². The van der Waals surface area contributed by atoms with E-state index in [0.29, 0.717) is 121 Å². The first kappa shape index (κ1) is 57.9. The summed E-state index contributed by atoms with van der Waals surface area (Å²) in [5.74, 6) is -5.18. The Kier molecular flexibility index (Phi) is 19.0. The van der Waals surface area contributed by atoms with Gasteiger partial charge in [-0.3, -0.25) is 19.5 Å². The first-order valence-corrected chi connectivity index (χ1v) is 23.9. The molecule has 1 unspecified atom stereocenters. The van der Waals surface area contributed by atoms with E-state index in [4.69, 9.17) is 19.0 Å². The van der Waals surface area contributed by atoms with Crippen LogP contribution >= 0.6 is 0 Å². The van der Waals surface area contributed by atoms with Gasteiger partial charge in [0.15, 0.2) is 5.54 Å². The minimum Gasteiger partial charge on any atom is -0.479 e. The molecular weight excluding hydrogens is 1110 g/mol. The number of nitrogens with zero attached hydrogens (tertiary/aromatic N) is 5. The molecule has 1 saturated heterocycles. The van der Waals surface area contributed by atoms with Crippen molar-refractivity contribution in [2.24, 2.45) is 5.73 Å². The molecule has 0 spiro atoms. The second-order valence-corrected chi connectivity index (χ2v) is 18.6. The number of hydrogen-bond acceptors (Lipinski definition) is 16. The second-order valence-electron chi connectivity index (χ2n) is 18.6. The maximum Gasteiger partial charge on any atom is 3.00 e. The van der Waals surface area contributed by atoms with E-state index in [1.807, 2.05) is 14.7 Å². The van der Waals surface area contributed by atoms with Crippen LogP contribution in [0.3, 0.4) is 0 Å². The number of unbranched alkanes of at least 4 members (excludes halogenated alkanes) is 1. The van der Waals surface area contributed by atoms with Gasteiger partial charge in [-0.15, -0.1) is 0 Å². The number of furan rings is 3. The van der Waals surface area contributed by atoms with Crippen molar-refractivity contribution in [1.29, 1.82) is 0 Å². The van der Waals surface area contributed by atoms with E-state index >= 15 is 0 Å². The Morgan fingerprint density at radius 1 is 0.627 bits per heavy atom. The van der Waals surface area contributed by atoms with E-state index < -0.39 is 35.4 Å². The quantitative estimate of drug-likeness (QED) is 0.0483. The van der Waals surface area contributed by atoms with Crippen LogP contribution in [0.25, 0.3) is 28.2 Å². The average Bonchev–Trinajstić information content (AvgIpc) is 3.96. The van der Waals surface area contributed by atoms with Crippen LogP contribution in [0, 0.1) is 90.9 Å². The molecule has 23 heteroatoms. The van der Waals surface area contributed by atoms with E-state index in [0.717, 1.165) is 6.42 Å². The van der Waals surface area contributed by atoms with Gasteiger partial charge in [0.25, 0.3) is 5.91 Å². The molecule has 9 N–H and O–H groups in total. The standard InChI is InChI=1S/C52H60N8O14.Eu/c1-27-40(46(61)54-11-8-7-10-53)30(4)72-43(27)33-9-12-55-52(23-33,51(70)71)26-60-17-15-58(24-36-19-34(21-38(56-36)47(62)63)44-28(2)41(49(66)67)31(5)73-44)13-14-59(16-18-60)25-37-20-35(22-39(57-37)48(64)65)45-29(3)42(50(68)69)32(6)74-45;/h9,12,19-23,55H,7-8,10-11,13-18,24-26,53H2,1-6H3,(H,54,61)(H,62,63)(H,64,65)(H,66,67)(H,68,69)(H,70,71);/q;+3. The molecule has 22 nitrogen and oxygen atoms in total. The topological polar surface area (TPSA) is 329 Å². The third kappa shape index (κ3) is 13.0. The molecule has 5 aromatic heterocycles. The summed E-state index contributed by atoms with van der Waals surface area (Å²) >= 11 is 0. The van der Waals surface area contributed by atoms with Gasteiger partial charge in [-0.1, -0.05) is 0 Å². The van der Waals surface area contributed by atoms with Crippen LogP contribution in [0.4, 0.5) is 0 Å². The SMILES string of the molecule is Cc1oc(C2=CC(CN3CCN(Cc4cc(-c5oc(C)c(C(=O)O)c5C)cc(C(=O)O)n4)CCN(Cc4cc(-c5oc(C)c(C(=O)O)c5C)cc(C(=O)O)n4)CC3)(C(=O)O)NC=C2)c(C)c1C(=O)NCCCCN.[Eu+3]. The molecule has 1 amide bonds. The number of aliphatic carboxylic acids is 1. The Labute approximate surface area is 472 Å². The summed E-state index contributed by atoms with van der Waals surface area (Å²) in [6, 6.07) is 5.91. The number of carbonyl (C=O) groups excluding carboxylic acids is 1. The molecule has 0 radical (unpaired) electrons. The predicted molar refractivity (Wildman–Crippen MR) is 267 cm³/mol. The number of aromatic carboxylic acids is 4. The Morgan fingerprint density at radius 2 is 1.07 bits per heavy atom. The van der Waals surface area contributed by atoms with Gasteiger partial charge in [0.05, 0.1) is 17.0 Å². The molecule has 2 aliphatic rings. The van der Waals surface area contributed by atoms with Gasteiger partial charge in [0.2, 0.25) is 0 Å². The number of carboxylic acid groups (broad SMARTS) is 5. The van der Waals surface area contributed by atoms with E-state index in [2.05, 4.69) is 20.6 Å². The molecular formula is C52H60EuN8O14+3. The minimum absolute atomic E-state index is 0. The van der Waals surface area contributed by atoms with Crippen molar-refractivity contribution in [1.82, 2.24) is 35.3 Å². The zero-order chi connectivity index (χ0) is 53.8. The fourth-order valence-electron chi connectivity index (χ4n) is 9.66. The number of hydrogen-bond donors (Lipinski definition) is 8. The molecule has 396 valence electrons. The summed E-state index contributed by atoms with van der Waals surface area (Å²) < 4.78 is 17.9. The summed E-state index contributed by atoms with van der Waals surface area (Å²) in [5, 5.41) is 57.1. The Bertz CT molecular complexity index is 2960. The van der Waals surface area contributed by atoms with Crippen molar-refractivity contribution in [3.8, 4) is 22.6 Å². The van der Waals surface area contributed by atoms with Crippen LogP contribution in [0.1, 0.15) is 116 Å². The summed E-state index contributed by atoms with van der Waals surface area (Å²) in [5.41, 5.74) is 6.47. The molecule has 2 aliphatic heterocycles. The van der Waals surface area contributed by atoms with Crippen molar-refractivity contribution >= 4 is 41.3 Å². The maximum absolute atomic E-state index is 13.6. The smallest absolute Gasteiger partial charge is 0.479 e. The maximum atomic E-state index is 13.6. The van der Waals surface area contributed by atoms with Crippen LogP contribution in [-0.2, 0) is 17.9 Å². The second kappa shape index (κ2) is 24.6. The molecule has 0 saturated carbocycles. The zero-order valence-corrected chi connectivity index (χ0v) is 44.8. The van der Waals surface area contributed by atoms with Gasteiger partial charge in [-0.05, 0) is 104 Å². The molecule has 5 aromatic rings. The number of rotatable bonds is 19. The zero-order valence-electron chi connectivity index (χ0n) is 42.3. The van der Waals surface area contributed by atoms with Crippen molar-refractivity contribution in [3.63, 3.8) is 0 Å². The molecule has 0 aromatic carbocycles. The molecule has 1 atom stereocenters. The molecule has 7 rings (SSSR count). The number of aryl methyl sites for hydroxylation is 3. The molecule has 1 fully saturated rings. The number of pyridine rings is 2. The number of allylic oxidation sites excluding steroid dienone is 2. The van der Waals surface area contributed by atoms with E-state index in [1.165, 1.54) is 32.2 Å². The van der Waals surface area contributed by atoms with Crippen molar-refractivity contribution in [2.45, 2.75) is 73.0 Å². The van der Waals surface area contributed by atoms with Gasteiger partial charge in [0, 0.05) is 98.8 Å². The first-order chi connectivity index (χ1) is 35.1. The molecule has 0 aliphatic carbocycles. The van der Waals surface area contributed by atoms with Gasteiger partial charge in [0.1, 0.15) is 57.1 Å². The fourth-order valence-corrected chi connectivity index (χ4v) is 9.66. The average molecular weight is 1170 g/mol. The first-order valence-electron chi connectivity index (χ1n) is 23.9. The summed E-state index contributed by atoms with van der Waals surface area (Å²) in [7, 11) is 0. The van der Waals surface area contributed by atoms with Gasteiger partial charge in [-0.25, -0.2) is 33.9 Å². The Hall–Kier alpha value is -6.34. The van der Waals surface area contributed by atoms with E-state index in [1.54, 1.807) is 52.0 Å². The van der Waals surface area contributed by atoms with E-state index in [9.17, 15) is 54.3 Å². The van der Waals surface area contributed by atoms with Gasteiger partial charge >= 0.3 is 79.2 Å². The van der Waals surface area contributed by atoms with Crippen molar-refractivity contribution < 1.29 is 117 Å². The number of carboxylic acids is 5. The number of amides is 1. The van der Waals surface area contributed by atoms with Crippen LogP contribution in [0.5, 0.6) is 0 Å². The third-order valence-electron chi connectivity index (χ3n) is 13.4. The van der Waals surface area contributed by atoms with Crippen LogP contribution < -0.4 is 16.4 Å². The summed E-state index contributed by atoms with van der Waals surface area (Å²) in [6.07, 6.45) is 6.23. The van der Waals surface area contributed by atoms with Crippen molar-refractivity contribution in [2.75, 3.05) is 58.9 Å². The Balaban J connectivity index is 0.00000914. The summed E-state index contributed by atoms with van der Waals surface area (Å²) in [6.45, 7) is 12.6. The van der Waals surface area contributed by atoms with Gasteiger partial charge < -0.3 is 55.2 Å². The third-order valence-corrected chi connectivity index (χ3v) is 13.4. The summed E-state index contributed by atoms with van der Waals surface area (Å²) in [4.78, 5) is 90.9. The number of aromatic nitrogens is 2. The number of nitrogens with two attached hydrogens (primary N) is 1. The van der Waals surface area contributed by atoms with Crippen LogP contribution in [0.2, 0.25) is 0 Å². The molecule has 0 bridgehead atoms. The Morgan fingerprint density at radius 3 is 1.49 bits per heavy atom. The fraction of sp³-hybridized carbons (Fsp3) is 0.385. The van der Waals surface area contributed by atoms with Crippen LogP contribution in [0.15, 0.2) is 55.9 Å². The number of carbonyl (C=O) groups is 6. The number of dihydropyridines is 1. The monoisotopic (exact) mass is 1170 g/mol.